The Kier molecular flexibility index (Phi) is 3.26. The average Bonchev–Trinajstić information content (AvgIpc) is 2.46. The van der Waals surface area contributed by atoms with Gasteiger partial charge in [-0.2, -0.15) is 0 Å². The minimum atomic E-state index is -1.05. The Morgan fingerprint density at radius 2 is 2.21 bits per heavy atom. The van der Waals surface area contributed by atoms with Crippen LogP contribution in [0, 0.1) is 0 Å². The van der Waals surface area contributed by atoms with Gasteiger partial charge in [0.15, 0.2) is 6.17 Å². The molecule has 14 heavy (non-hydrogen) atoms. The van der Waals surface area contributed by atoms with Crippen LogP contribution in [0.15, 0.2) is 12.4 Å². The molecule has 0 radical (unpaired) electrons. The van der Waals surface area contributed by atoms with Crippen LogP contribution < -0.4 is 5.32 Å². The second-order valence-corrected chi connectivity index (χ2v) is 4.49. The molecule has 0 spiro atoms. The van der Waals surface area contributed by atoms with Crippen LogP contribution in [0.2, 0.25) is 0 Å². The van der Waals surface area contributed by atoms with Crippen LogP contribution in [0.4, 0.5) is 4.39 Å². The van der Waals surface area contributed by atoms with E-state index in [2.05, 4.69) is 10.3 Å². The van der Waals surface area contributed by atoms with E-state index < -0.39 is 6.17 Å². The molecule has 0 saturated heterocycles. The Bertz CT molecular complexity index is 288. The average molecular weight is 199 g/mol. The summed E-state index contributed by atoms with van der Waals surface area (Å²) in [6, 6.07) is 0. The first-order valence-corrected chi connectivity index (χ1v) is 4.76. The maximum atomic E-state index is 13.6. The minimum absolute atomic E-state index is 0.0600. The van der Waals surface area contributed by atoms with Crippen LogP contribution in [0.3, 0.4) is 0 Å². The zero-order valence-corrected chi connectivity index (χ0v) is 9.21. The Labute approximate surface area is 84.3 Å². The lowest BCUT2D eigenvalue weighted by Gasteiger charge is -2.21. The third-order valence-electron chi connectivity index (χ3n) is 1.95. The molecule has 0 amide bonds. The summed E-state index contributed by atoms with van der Waals surface area (Å²) in [5, 5.41) is 3.11. The molecule has 80 valence electrons. The molecule has 0 fully saturated rings. The van der Waals surface area contributed by atoms with Crippen molar-refractivity contribution in [3.8, 4) is 0 Å². The highest BCUT2D eigenvalue weighted by atomic mass is 19.1. The summed E-state index contributed by atoms with van der Waals surface area (Å²) in [6.45, 7) is 6.34. The second kappa shape index (κ2) is 4.09. The zero-order chi connectivity index (χ0) is 10.8. The number of alkyl halides is 1. The summed E-state index contributed by atoms with van der Waals surface area (Å²) >= 11 is 0. The van der Waals surface area contributed by atoms with Gasteiger partial charge in [-0.25, -0.2) is 9.37 Å². The van der Waals surface area contributed by atoms with Crippen molar-refractivity contribution >= 4 is 0 Å². The molecule has 1 aromatic heterocycles. The van der Waals surface area contributed by atoms with Crippen molar-refractivity contribution in [3.63, 3.8) is 0 Å². The summed E-state index contributed by atoms with van der Waals surface area (Å²) in [4.78, 5) is 3.96. The summed E-state index contributed by atoms with van der Waals surface area (Å²) in [5.41, 5.74) is -0.0600. The van der Waals surface area contributed by atoms with Crippen molar-refractivity contribution in [1.29, 1.82) is 0 Å². The van der Waals surface area contributed by atoms with Gasteiger partial charge in [-0.3, -0.25) is 0 Å². The molecular formula is C10H18FN3. The van der Waals surface area contributed by atoms with E-state index in [0.717, 1.165) is 0 Å². The number of halogens is 1. The third-order valence-corrected chi connectivity index (χ3v) is 1.95. The molecule has 3 nitrogen and oxygen atoms in total. The SMILES string of the molecule is Cn1ccnc1C(F)CNC(C)(C)C. The van der Waals surface area contributed by atoms with Gasteiger partial charge in [0.1, 0.15) is 5.82 Å². The predicted octanol–water partition coefficient (Wildman–Crippen LogP) is 1.82. The highest BCUT2D eigenvalue weighted by Gasteiger charge is 2.17. The minimum Gasteiger partial charge on any atom is -0.336 e. The molecule has 1 unspecified atom stereocenters. The molecule has 1 heterocycles. The largest absolute Gasteiger partial charge is 0.336 e. The number of aryl methyl sites for hydroxylation is 1. The smallest absolute Gasteiger partial charge is 0.170 e. The first kappa shape index (κ1) is 11.2. The quantitative estimate of drug-likeness (QED) is 0.804. The van der Waals surface area contributed by atoms with Gasteiger partial charge >= 0.3 is 0 Å². The van der Waals surface area contributed by atoms with Gasteiger partial charge in [0.25, 0.3) is 0 Å². The first-order chi connectivity index (χ1) is 6.40. The number of hydrogen-bond acceptors (Lipinski definition) is 2. The molecular weight excluding hydrogens is 181 g/mol. The molecule has 0 saturated carbocycles. The number of hydrogen-bond donors (Lipinski definition) is 1. The number of imidazole rings is 1. The number of aromatic nitrogens is 2. The van der Waals surface area contributed by atoms with Crippen LogP contribution in [-0.4, -0.2) is 21.6 Å². The summed E-state index contributed by atoms with van der Waals surface area (Å²) in [7, 11) is 1.80. The van der Waals surface area contributed by atoms with Crippen LogP contribution in [0.1, 0.15) is 32.8 Å². The maximum absolute atomic E-state index is 13.6. The number of nitrogens with zero attached hydrogens (tertiary/aromatic N) is 2. The predicted molar refractivity (Wildman–Crippen MR) is 54.8 cm³/mol. The van der Waals surface area contributed by atoms with Crippen LogP contribution in [-0.2, 0) is 7.05 Å². The molecule has 0 aromatic carbocycles. The Morgan fingerprint density at radius 3 is 2.64 bits per heavy atom. The molecule has 0 aliphatic heterocycles. The van der Waals surface area contributed by atoms with E-state index in [-0.39, 0.29) is 5.54 Å². The topological polar surface area (TPSA) is 29.9 Å². The Morgan fingerprint density at radius 1 is 1.57 bits per heavy atom. The van der Waals surface area contributed by atoms with Crippen molar-refractivity contribution in [2.75, 3.05) is 6.54 Å². The fourth-order valence-corrected chi connectivity index (χ4v) is 1.17. The monoisotopic (exact) mass is 199 g/mol. The lowest BCUT2D eigenvalue weighted by molar-refractivity contribution is 0.276. The van der Waals surface area contributed by atoms with Gasteiger partial charge in [0.2, 0.25) is 0 Å². The highest BCUT2D eigenvalue weighted by Crippen LogP contribution is 2.14. The van der Waals surface area contributed by atoms with Gasteiger partial charge in [-0.05, 0) is 20.8 Å². The maximum Gasteiger partial charge on any atom is 0.170 e. The Balaban J connectivity index is 2.51. The first-order valence-electron chi connectivity index (χ1n) is 4.76. The van der Waals surface area contributed by atoms with Crippen molar-refractivity contribution in [2.24, 2.45) is 7.05 Å². The molecule has 1 atom stereocenters. The van der Waals surface area contributed by atoms with Crippen molar-refractivity contribution in [3.05, 3.63) is 18.2 Å². The van der Waals surface area contributed by atoms with Crippen molar-refractivity contribution in [1.82, 2.24) is 14.9 Å². The number of rotatable bonds is 3. The van der Waals surface area contributed by atoms with E-state index in [1.165, 1.54) is 0 Å². The van der Waals surface area contributed by atoms with E-state index in [4.69, 9.17) is 0 Å². The van der Waals surface area contributed by atoms with Gasteiger partial charge < -0.3 is 9.88 Å². The Hall–Kier alpha value is -0.900. The van der Waals surface area contributed by atoms with Crippen molar-refractivity contribution < 1.29 is 4.39 Å². The van der Waals surface area contributed by atoms with E-state index in [0.29, 0.717) is 12.4 Å². The zero-order valence-electron chi connectivity index (χ0n) is 9.21. The standard InChI is InChI=1S/C10H18FN3/c1-10(2,3)13-7-8(11)9-12-5-6-14(9)4/h5-6,8,13H,7H2,1-4H3. The van der Waals surface area contributed by atoms with Crippen LogP contribution >= 0.6 is 0 Å². The summed E-state index contributed by atoms with van der Waals surface area (Å²) in [6.07, 6.45) is 2.31. The fourth-order valence-electron chi connectivity index (χ4n) is 1.17. The summed E-state index contributed by atoms with van der Waals surface area (Å²) < 4.78 is 15.3. The lowest BCUT2D eigenvalue weighted by Crippen LogP contribution is -2.38. The van der Waals surface area contributed by atoms with Gasteiger partial charge in [-0.1, -0.05) is 0 Å². The molecule has 0 bridgehead atoms. The van der Waals surface area contributed by atoms with Crippen LogP contribution in [0.25, 0.3) is 0 Å². The molecule has 0 aliphatic carbocycles. The normalized spacial score (nSPS) is 14.4. The molecule has 0 aliphatic rings. The van der Waals surface area contributed by atoms with Gasteiger partial charge in [0.05, 0.1) is 0 Å². The van der Waals surface area contributed by atoms with Crippen molar-refractivity contribution in [2.45, 2.75) is 32.5 Å². The molecule has 1 rings (SSSR count). The summed E-state index contributed by atoms with van der Waals surface area (Å²) in [5.74, 6) is 0.474. The van der Waals surface area contributed by atoms with Crippen LogP contribution in [0.5, 0.6) is 0 Å². The van der Waals surface area contributed by atoms with E-state index in [9.17, 15) is 4.39 Å². The van der Waals surface area contributed by atoms with E-state index in [1.807, 2.05) is 20.8 Å². The fraction of sp³-hybridized carbons (Fsp3) is 0.700. The molecule has 1 aromatic rings. The van der Waals surface area contributed by atoms with E-state index >= 15 is 0 Å². The second-order valence-electron chi connectivity index (χ2n) is 4.49. The van der Waals surface area contributed by atoms with Gasteiger partial charge in [0, 0.05) is 31.5 Å². The number of nitrogens with one attached hydrogen (secondary N) is 1. The molecule has 4 heteroatoms. The van der Waals surface area contributed by atoms with Gasteiger partial charge in [-0.15, -0.1) is 0 Å². The van der Waals surface area contributed by atoms with E-state index in [1.54, 1.807) is 24.0 Å². The molecule has 1 N–H and O–H groups in total. The third kappa shape index (κ3) is 3.10. The lowest BCUT2D eigenvalue weighted by atomic mass is 10.1. The highest BCUT2D eigenvalue weighted by molar-refractivity contribution is 4.96.